The van der Waals surface area contributed by atoms with Crippen molar-refractivity contribution in [3.8, 4) is 0 Å². The molecule has 2 unspecified atom stereocenters. The Bertz CT molecular complexity index is 376. The Labute approximate surface area is 123 Å². The third-order valence-electron chi connectivity index (χ3n) is 3.90. The summed E-state index contributed by atoms with van der Waals surface area (Å²) in [4.78, 5) is 1.40. The van der Waals surface area contributed by atoms with E-state index in [0.29, 0.717) is 6.04 Å². The Balaban J connectivity index is 2.56. The first-order chi connectivity index (χ1) is 9.08. The minimum absolute atomic E-state index is 0.622. The fraction of sp³-hybridized carbons (Fsp3) is 0.647. The summed E-state index contributed by atoms with van der Waals surface area (Å²) in [6.07, 6.45) is 2.45. The van der Waals surface area contributed by atoms with E-state index in [1.807, 2.05) is 11.8 Å². The maximum absolute atomic E-state index is 3.70. The molecule has 0 saturated carbocycles. The summed E-state index contributed by atoms with van der Waals surface area (Å²) in [5.41, 5.74) is 2.78. The van der Waals surface area contributed by atoms with E-state index in [4.69, 9.17) is 0 Å². The van der Waals surface area contributed by atoms with Gasteiger partial charge in [0.2, 0.25) is 0 Å². The zero-order valence-electron chi connectivity index (χ0n) is 13.1. The molecule has 0 aromatic heterocycles. The maximum atomic E-state index is 3.70. The van der Waals surface area contributed by atoms with Crippen LogP contribution >= 0.6 is 11.8 Å². The quantitative estimate of drug-likeness (QED) is 0.685. The summed E-state index contributed by atoms with van der Waals surface area (Å²) in [5.74, 6) is 1.91. The average Bonchev–Trinajstić information content (AvgIpc) is 2.42. The molecule has 19 heavy (non-hydrogen) atoms. The molecule has 0 spiro atoms. The van der Waals surface area contributed by atoms with Crippen LogP contribution in [0.15, 0.2) is 23.1 Å². The van der Waals surface area contributed by atoms with E-state index in [2.05, 4.69) is 58.1 Å². The molecule has 1 rings (SSSR count). The van der Waals surface area contributed by atoms with Gasteiger partial charge in [-0.2, -0.15) is 0 Å². The van der Waals surface area contributed by atoms with Gasteiger partial charge in [-0.1, -0.05) is 33.3 Å². The van der Waals surface area contributed by atoms with Crippen molar-refractivity contribution in [1.29, 1.82) is 0 Å². The Morgan fingerprint density at radius 3 is 2.47 bits per heavy atom. The van der Waals surface area contributed by atoms with Crippen LogP contribution in [0.2, 0.25) is 0 Å². The molecule has 1 nitrogen and oxygen atoms in total. The van der Waals surface area contributed by atoms with Gasteiger partial charge < -0.3 is 5.32 Å². The van der Waals surface area contributed by atoms with Crippen LogP contribution in [0, 0.1) is 19.8 Å². The third-order valence-corrected chi connectivity index (χ3v) is 5.01. The van der Waals surface area contributed by atoms with Crippen LogP contribution in [-0.4, -0.2) is 18.3 Å². The lowest BCUT2D eigenvalue weighted by Crippen LogP contribution is -2.37. The maximum Gasteiger partial charge on any atom is 0.0187 e. The van der Waals surface area contributed by atoms with Crippen molar-refractivity contribution in [3.05, 3.63) is 29.3 Å². The van der Waals surface area contributed by atoms with Crippen LogP contribution in [0.5, 0.6) is 0 Å². The minimum Gasteiger partial charge on any atom is -0.313 e. The number of hydrogen-bond acceptors (Lipinski definition) is 2. The lowest BCUT2D eigenvalue weighted by molar-refractivity contribution is 0.397. The van der Waals surface area contributed by atoms with E-state index >= 15 is 0 Å². The largest absolute Gasteiger partial charge is 0.313 e. The van der Waals surface area contributed by atoms with Gasteiger partial charge in [-0.25, -0.2) is 0 Å². The highest BCUT2D eigenvalue weighted by atomic mass is 32.2. The number of rotatable bonds is 8. The second-order valence-electron chi connectivity index (χ2n) is 5.50. The van der Waals surface area contributed by atoms with Gasteiger partial charge in [-0.3, -0.25) is 0 Å². The predicted molar refractivity (Wildman–Crippen MR) is 88.2 cm³/mol. The Hall–Kier alpha value is -0.470. The molecule has 0 aliphatic rings. The molecule has 0 amide bonds. The van der Waals surface area contributed by atoms with Crippen molar-refractivity contribution in [1.82, 2.24) is 5.32 Å². The molecule has 1 aromatic rings. The molecule has 2 atom stereocenters. The van der Waals surface area contributed by atoms with Gasteiger partial charge in [0.25, 0.3) is 0 Å². The molecular formula is C17H29NS. The first kappa shape index (κ1) is 16.6. The SMILES string of the molecule is CCCNC(CSc1ccc(C)c(C)c1)C(C)CC. The summed E-state index contributed by atoms with van der Waals surface area (Å²) in [6, 6.07) is 7.42. The van der Waals surface area contributed by atoms with E-state index in [1.54, 1.807) is 0 Å². The lowest BCUT2D eigenvalue weighted by atomic mass is 10.0. The molecule has 2 heteroatoms. The molecule has 108 valence electrons. The van der Waals surface area contributed by atoms with Gasteiger partial charge in [0.1, 0.15) is 0 Å². The highest BCUT2D eigenvalue weighted by Gasteiger charge is 2.15. The van der Waals surface area contributed by atoms with Crippen molar-refractivity contribution in [2.24, 2.45) is 5.92 Å². The van der Waals surface area contributed by atoms with Crippen molar-refractivity contribution >= 4 is 11.8 Å². The highest BCUT2D eigenvalue weighted by Crippen LogP contribution is 2.24. The number of nitrogens with one attached hydrogen (secondary N) is 1. The molecule has 1 N–H and O–H groups in total. The lowest BCUT2D eigenvalue weighted by Gasteiger charge is -2.24. The van der Waals surface area contributed by atoms with E-state index in [9.17, 15) is 0 Å². The van der Waals surface area contributed by atoms with Crippen LogP contribution in [0.4, 0.5) is 0 Å². The summed E-state index contributed by atoms with van der Waals surface area (Å²) in [5, 5.41) is 3.70. The molecule has 1 aromatic carbocycles. The fourth-order valence-corrected chi connectivity index (χ4v) is 3.27. The minimum atomic E-state index is 0.622. The topological polar surface area (TPSA) is 12.0 Å². The summed E-state index contributed by atoms with van der Waals surface area (Å²) < 4.78 is 0. The van der Waals surface area contributed by atoms with Crippen LogP contribution in [0.25, 0.3) is 0 Å². The zero-order chi connectivity index (χ0) is 14.3. The molecule has 0 bridgehead atoms. The number of hydrogen-bond donors (Lipinski definition) is 1. The molecule has 0 saturated heterocycles. The standard InChI is InChI=1S/C17H29NS/c1-6-10-18-17(13(3)7-2)12-19-16-9-8-14(4)15(5)11-16/h8-9,11,13,17-18H,6-7,10,12H2,1-5H3. The van der Waals surface area contributed by atoms with Gasteiger partial charge in [-0.05, 0) is 56.0 Å². The molecule has 0 radical (unpaired) electrons. The Morgan fingerprint density at radius 1 is 1.16 bits per heavy atom. The predicted octanol–water partition coefficient (Wildman–Crippen LogP) is 4.81. The summed E-state index contributed by atoms with van der Waals surface area (Å²) >= 11 is 1.98. The van der Waals surface area contributed by atoms with Crippen LogP contribution in [0.1, 0.15) is 44.7 Å². The van der Waals surface area contributed by atoms with Crippen molar-refractivity contribution in [2.75, 3.05) is 12.3 Å². The van der Waals surface area contributed by atoms with Gasteiger partial charge in [0.05, 0.1) is 0 Å². The highest BCUT2D eigenvalue weighted by molar-refractivity contribution is 7.99. The third kappa shape index (κ3) is 5.58. The van der Waals surface area contributed by atoms with Crippen molar-refractivity contribution in [2.45, 2.75) is 58.4 Å². The van der Waals surface area contributed by atoms with E-state index in [-0.39, 0.29) is 0 Å². The van der Waals surface area contributed by atoms with Crippen molar-refractivity contribution in [3.63, 3.8) is 0 Å². The monoisotopic (exact) mass is 279 g/mol. The van der Waals surface area contributed by atoms with Gasteiger partial charge in [-0.15, -0.1) is 11.8 Å². The van der Waals surface area contributed by atoms with E-state index in [1.165, 1.54) is 28.9 Å². The van der Waals surface area contributed by atoms with Crippen LogP contribution in [-0.2, 0) is 0 Å². The normalized spacial score (nSPS) is 14.4. The zero-order valence-corrected chi connectivity index (χ0v) is 13.9. The molecule has 0 heterocycles. The fourth-order valence-electron chi connectivity index (χ4n) is 2.03. The van der Waals surface area contributed by atoms with Gasteiger partial charge in [0, 0.05) is 16.7 Å². The Kier molecular flexibility index (Phi) is 7.55. The second kappa shape index (κ2) is 8.65. The smallest absolute Gasteiger partial charge is 0.0187 e. The van der Waals surface area contributed by atoms with Crippen LogP contribution < -0.4 is 5.32 Å². The number of thioether (sulfide) groups is 1. The Morgan fingerprint density at radius 2 is 1.89 bits per heavy atom. The van der Waals surface area contributed by atoms with Crippen molar-refractivity contribution < 1.29 is 0 Å². The van der Waals surface area contributed by atoms with Gasteiger partial charge in [0.15, 0.2) is 0 Å². The first-order valence-electron chi connectivity index (χ1n) is 7.51. The summed E-state index contributed by atoms with van der Waals surface area (Å²) in [7, 11) is 0. The van der Waals surface area contributed by atoms with Gasteiger partial charge >= 0.3 is 0 Å². The first-order valence-corrected chi connectivity index (χ1v) is 8.50. The average molecular weight is 279 g/mol. The molecule has 0 fully saturated rings. The van der Waals surface area contributed by atoms with E-state index in [0.717, 1.165) is 18.2 Å². The molecular weight excluding hydrogens is 250 g/mol. The van der Waals surface area contributed by atoms with E-state index < -0.39 is 0 Å². The second-order valence-corrected chi connectivity index (χ2v) is 6.60. The molecule has 0 aliphatic carbocycles. The summed E-state index contributed by atoms with van der Waals surface area (Å²) in [6.45, 7) is 12.4. The number of aryl methyl sites for hydroxylation is 2. The number of benzene rings is 1. The van der Waals surface area contributed by atoms with Crippen LogP contribution in [0.3, 0.4) is 0 Å². The molecule has 0 aliphatic heterocycles.